The quantitative estimate of drug-likeness (QED) is 0.466. The van der Waals surface area contributed by atoms with E-state index in [1.807, 2.05) is 0 Å². The first kappa shape index (κ1) is 20.7. The van der Waals surface area contributed by atoms with Gasteiger partial charge in [-0.25, -0.2) is 4.68 Å². The maximum atomic E-state index is 12.5. The Morgan fingerprint density at radius 1 is 0.968 bits per heavy atom. The molecule has 0 unspecified atom stereocenters. The molecule has 1 N–H and O–H groups in total. The van der Waals surface area contributed by atoms with Crippen molar-refractivity contribution in [3.05, 3.63) is 87.7 Å². The minimum Gasteiger partial charge on any atom is -0.347 e. The molecule has 0 saturated carbocycles. The van der Waals surface area contributed by atoms with E-state index in [9.17, 15) is 14.9 Å². The fourth-order valence-corrected chi connectivity index (χ4v) is 3.73. The highest BCUT2D eigenvalue weighted by molar-refractivity contribution is 5.92. The Kier molecular flexibility index (Phi) is 6.37. The summed E-state index contributed by atoms with van der Waals surface area (Å²) >= 11 is 0. The predicted molar refractivity (Wildman–Crippen MR) is 117 cm³/mol. The highest BCUT2D eigenvalue weighted by Gasteiger charge is 2.12. The summed E-state index contributed by atoms with van der Waals surface area (Å²) in [4.78, 5) is 25.3. The molecule has 1 fully saturated rings. The first-order valence-corrected chi connectivity index (χ1v) is 10.5. The van der Waals surface area contributed by atoms with Crippen molar-refractivity contribution < 1.29 is 9.72 Å². The number of amides is 1. The normalized spacial score (nSPS) is 14.3. The number of rotatable bonds is 7. The minimum absolute atomic E-state index is 0.0100. The van der Waals surface area contributed by atoms with Crippen molar-refractivity contribution in [1.29, 1.82) is 0 Å². The molecule has 1 aliphatic rings. The summed E-state index contributed by atoms with van der Waals surface area (Å²) < 4.78 is 1.52. The molecule has 0 aliphatic carbocycles. The number of carbonyl (C=O) groups is 1. The molecule has 0 atom stereocenters. The fourth-order valence-electron chi connectivity index (χ4n) is 3.73. The van der Waals surface area contributed by atoms with Crippen molar-refractivity contribution in [2.45, 2.75) is 32.4 Å². The molecular weight excluding hydrogens is 394 g/mol. The first-order valence-electron chi connectivity index (χ1n) is 10.5. The fraction of sp³-hybridized carbons (Fsp3) is 0.304. The van der Waals surface area contributed by atoms with Crippen molar-refractivity contribution in [3.8, 4) is 5.69 Å². The molecule has 1 amide bonds. The molecule has 8 nitrogen and oxygen atoms in total. The van der Waals surface area contributed by atoms with Gasteiger partial charge in [0.25, 0.3) is 11.6 Å². The summed E-state index contributed by atoms with van der Waals surface area (Å²) in [5.41, 5.74) is 3.27. The third-order valence-corrected chi connectivity index (χ3v) is 5.48. The van der Waals surface area contributed by atoms with Crippen molar-refractivity contribution >= 4 is 11.6 Å². The summed E-state index contributed by atoms with van der Waals surface area (Å²) in [6, 6.07) is 16.0. The first-order chi connectivity index (χ1) is 15.1. The van der Waals surface area contributed by atoms with E-state index < -0.39 is 4.92 Å². The number of carbonyl (C=O) groups excluding carboxylic acids is 1. The van der Waals surface area contributed by atoms with E-state index in [1.165, 1.54) is 54.7 Å². The second-order valence-electron chi connectivity index (χ2n) is 7.76. The number of hydrogen-bond donors (Lipinski definition) is 1. The SMILES string of the molecule is O=C(NCc1ccc(CN2CCCCC2)cc1)c1ccn(-c2ccc([N+](=O)[O-])cc2)n1. The number of nitro benzene ring substituents is 1. The number of nitro groups is 1. The summed E-state index contributed by atoms with van der Waals surface area (Å²) in [7, 11) is 0. The average Bonchev–Trinajstić information content (AvgIpc) is 3.30. The number of nitrogens with zero attached hydrogens (tertiary/aromatic N) is 4. The number of nitrogens with one attached hydrogen (secondary N) is 1. The maximum absolute atomic E-state index is 12.5. The van der Waals surface area contributed by atoms with Crippen LogP contribution in [0.2, 0.25) is 0 Å². The van der Waals surface area contributed by atoms with E-state index in [0.717, 1.165) is 12.1 Å². The van der Waals surface area contributed by atoms with E-state index in [0.29, 0.717) is 17.9 Å². The second kappa shape index (κ2) is 9.53. The highest BCUT2D eigenvalue weighted by atomic mass is 16.6. The van der Waals surface area contributed by atoms with Gasteiger partial charge < -0.3 is 5.32 Å². The van der Waals surface area contributed by atoms with E-state index in [1.54, 1.807) is 24.4 Å². The Balaban J connectivity index is 1.31. The molecule has 0 radical (unpaired) electrons. The molecule has 1 aromatic heterocycles. The monoisotopic (exact) mass is 419 g/mol. The summed E-state index contributed by atoms with van der Waals surface area (Å²) in [5, 5.41) is 17.9. The van der Waals surface area contributed by atoms with Crippen molar-refractivity contribution in [1.82, 2.24) is 20.0 Å². The topological polar surface area (TPSA) is 93.3 Å². The average molecular weight is 419 g/mol. The zero-order valence-corrected chi connectivity index (χ0v) is 17.2. The van der Waals surface area contributed by atoms with Crippen LogP contribution in [-0.2, 0) is 13.1 Å². The number of piperidine rings is 1. The van der Waals surface area contributed by atoms with Gasteiger partial charge in [-0.05, 0) is 55.3 Å². The van der Waals surface area contributed by atoms with Gasteiger partial charge in [-0.1, -0.05) is 30.7 Å². The molecule has 2 aromatic carbocycles. The molecule has 4 rings (SSSR count). The van der Waals surface area contributed by atoms with Crippen LogP contribution in [0.1, 0.15) is 40.9 Å². The van der Waals surface area contributed by atoms with Gasteiger partial charge in [-0.3, -0.25) is 19.8 Å². The lowest BCUT2D eigenvalue weighted by molar-refractivity contribution is -0.384. The Labute approximate surface area is 180 Å². The Morgan fingerprint density at radius 3 is 2.32 bits per heavy atom. The second-order valence-corrected chi connectivity index (χ2v) is 7.76. The van der Waals surface area contributed by atoms with E-state index >= 15 is 0 Å². The molecule has 160 valence electrons. The van der Waals surface area contributed by atoms with E-state index in [-0.39, 0.29) is 11.6 Å². The molecule has 31 heavy (non-hydrogen) atoms. The lowest BCUT2D eigenvalue weighted by atomic mass is 10.1. The maximum Gasteiger partial charge on any atom is 0.272 e. The Bertz CT molecular complexity index is 1040. The minimum atomic E-state index is -0.452. The van der Waals surface area contributed by atoms with Crippen LogP contribution in [0.3, 0.4) is 0 Å². The van der Waals surface area contributed by atoms with Crippen LogP contribution in [0.25, 0.3) is 5.69 Å². The van der Waals surface area contributed by atoms with E-state index in [2.05, 4.69) is 39.6 Å². The summed E-state index contributed by atoms with van der Waals surface area (Å²) in [6.45, 7) is 3.74. The molecule has 1 saturated heterocycles. The molecule has 0 bridgehead atoms. The van der Waals surface area contributed by atoms with Gasteiger partial charge in [0.15, 0.2) is 5.69 Å². The van der Waals surface area contributed by atoms with Crippen LogP contribution in [0.4, 0.5) is 5.69 Å². The molecule has 1 aliphatic heterocycles. The van der Waals surface area contributed by atoms with Gasteiger partial charge in [0.2, 0.25) is 0 Å². The number of hydrogen-bond acceptors (Lipinski definition) is 5. The number of benzene rings is 2. The molecule has 2 heterocycles. The summed E-state index contributed by atoms with van der Waals surface area (Å²) in [6.07, 6.45) is 5.56. The summed E-state index contributed by atoms with van der Waals surface area (Å²) in [5.74, 6) is -0.266. The third kappa shape index (κ3) is 5.35. The molecule has 0 spiro atoms. The van der Waals surface area contributed by atoms with Crippen LogP contribution in [0.15, 0.2) is 60.8 Å². The van der Waals surface area contributed by atoms with Gasteiger partial charge in [0.05, 0.1) is 10.6 Å². The third-order valence-electron chi connectivity index (χ3n) is 5.48. The van der Waals surface area contributed by atoms with Gasteiger partial charge in [0.1, 0.15) is 0 Å². The van der Waals surface area contributed by atoms with Gasteiger partial charge in [-0.2, -0.15) is 5.10 Å². The van der Waals surface area contributed by atoms with Crippen LogP contribution in [0, 0.1) is 10.1 Å². The van der Waals surface area contributed by atoms with Crippen LogP contribution in [-0.4, -0.2) is 38.6 Å². The number of non-ortho nitro benzene ring substituents is 1. The lowest BCUT2D eigenvalue weighted by Crippen LogP contribution is -2.29. The van der Waals surface area contributed by atoms with Gasteiger partial charge in [0, 0.05) is 31.4 Å². The van der Waals surface area contributed by atoms with Gasteiger partial charge in [-0.15, -0.1) is 0 Å². The zero-order valence-electron chi connectivity index (χ0n) is 17.2. The van der Waals surface area contributed by atoms with Crippen molar-refractivity contribution in [2.24, 2.45) is 0 Å². The smallest absolute Gasteiger partial charge is 0.272 e. The molecular formula is C23H25N5O3. The largest absolute Gasteiger partial charge is 0.347 e. The Morgan fingerprint density at radius 2 is 1.65 bits per heavy atom. The number of likely N-dealkylation sites (tertiary alicyclic amines) is 1. The van der Waals surface area contributed by atoms with Crippen molar-refractivity contribution in [2.75, 3.05) is 13.1 Å². The lowest BCUT2D eigenvalue weighted by Gasteiger charge is -2.26. The van der Waals surface area contributed by atoms with Crippen LogP contribution >= 0.6 is 0 Å². The van der Waals surface area contributed by atoms with Crippen molar-refractivity contribution in [3.63, 3.8) is 0 Å². The molecule has 8 heteroatoms. The van der Waals surface area contributed by atoms with Crippen LogP contribution < -0.4 is 5.32 Å². The number of aromatic nitrogens is 2. The zero-order chi connectivity index (χ0) is 21.6. The standard InChI is InChI=1S/C23H25N5O3/c29-23(22-12-15-27(25-22)20-8-10-21(11-9-20)28(30)31)24-16-18-4-6-19(7-5-18)17-26-13-2-1-3-14-26/h4-12,15H,1-3,13-14,16-17H2,(H,24,29). The Hall–Kier alpha value is -3.52. The molecule has 3 aromatic rings. The van der Waals surface area contributed by atoms with Gasteiger partial charge >= 0.3 is 0 Å². The van der Waals surface area contributed by atoms with E-state index in [4.69, 9.17) is 0 Å². The van der Waals surface area contributed by atoms with Crippen LogP contribution in [0.5, 0.6) is 0 Å². The highest BCUT2D eigenvalue weighted by Crippen LogP contribution is 2.16. The predicted octanol–water partition coefficient (Wildman–Crippen LogP) is 3.70.